The van der Waals surface area contributed by atoms with E-state index in [1.165, 1.54) is 0 Å². The molecule has 1 aromatic carbocycles. The molecule has 0 atom stereocenters. The zero-order valence-corrected chi connectivity index (χ0v) is 12.6. The number of anilines is 1. The molecule has 0 spiro atoms. The Morgan fingerprint density at radius 1 is 1.20 bits per heavy atom. The third-order valence-electron chi connectivity index (χ3n) is 2.93. The average Bonchev–Trinajstić information content (AvgIpc) is 2.46. The Morgan fingerprint density at radius 3 is 2.75 bits per heavy atom. The number of hydrogen-bond acceptors (Lipinski definition) is 3. The Kier molecular flexibility index (Phi) is 5.24. The normalized spacial score (nSPS) is 10.3. The van der Waals surface area contributed by atoms with Gasteiger partial charge in [-0.3, -0.25) is 0 Å². The third-order valence-corrected chi connectivity index (χ3v) is 3.28. The van der Waals surface area contributed by atoms with Gasteiger partial charge in [-0.15, -0.1) is 0 Å². The third kappa shape index (κ3) is 3.87. The monoisotopic (exact) mass is 290 g/mol. The van der Waals surface area contributed by atoms with Gasteiger partial charge >= 0.3 is 0 Å². The molecule has 0 fully saturated rings. The van der Waals surface area contributed by atoms with Crippen LogP contribution in [0.2, 0.25) is 5.02 Å². The first-order valence-corrected chi connectivity index (χ1v) is 7.16. The Bertz CT molecular complexity index is 572. The maximum atomic E-state index is 6.17. The molecule has 3 nitrogen and oxygen atoms in total. The van der Waals surface area contributed by atoms with Crippen LogP contribution < -0.4 is 10.1 Å². The SMILES string of the molecule is CCCNc1ccc(Cl)c(COc2ccccc2C)n1. The molecule has 1 aromatic heterocycles. The van der Waals surface area contributed by atoms with Crippen LogP contribution in [0.4, 0.5) is 5.82 Å². The summed E-state index contributed by atoms with van der Waals surface area (Å²) >= 11 is 6.17. The van der Waals surface area contributed by atoms with Gasteiger partial charge in [0.2, 0.25) is 0 Å². The summed E-state index contributed by atoms with van der Waals surface area (Å²) in [4.78, 5) is 4.49. The predicted octanol–water partition coefficient (Wildman–Crippen LogP) is 4.44. The van der Waals surface area contributed by atoms with E-state index in [1.807, 2.05) is 43.3 Å². The highest BCUT2D eigenvalue weighted by Crippen LogP contribution is 2.21. The van der Waals surface area contributed by atoms with Crippen molar-refractivity contribution < 1.29 is 4.74 Å². The second kappa shape index (κ2) is 7.15. The molecule has 0 unspecified atom stereocenters. The summed E-state index contributed by atoms with van der Waals surface area (Å²) < 4.78 is 5.79. The molecule has 0 saturated carbocycles. The molecule has 4 heteroatoms. The first-order valence-electron chi connectivity index (χ1n) is 6.78. The van der Waals surface area contributed by atoms with E-state index < -0.39 is 0 Å². The number of aromatic nitrogens is 1. The molecule has 0 radical (unpaired) electrons. The number of nitrogens with zero attached hydrogens (tertiary/aromatic N) is 1. The highest BCUT2D eigenvalue weighted by Gasteiger charge is 2.06. The molecule has 106 valence electrons. The van der Waals surface area contributed by atoms with Gasteiger partial charge in [0, 0.05) is 6.54 Å². The second-order valence-corrected chi connectivity index (χ2v) is 5.01. The van der Waals surface area contributed by atoms with E-state index in [0.717, 1.165) is 35.8 Å². The van der Waals surface area contributed by atoms with Gasteiger partial charge in [0.05, 0.1) is 10.7 Å². The van der Waals surface area contributed by atoms with Crippen LogP contribution in [0.5, 0.6) is 5.75 Å². The molecule has 0 aliphatic carbocycles. The van der Waals surface area contributed by atoms with Crippen LogP contribution in [0.1, 0.15) is 24.6 Å². The van der Waals surface area contributed by atoms with Crippen molar-refractivity contribution in [2.24, 2.45) is 0 Å². The number of halogens is 1. The quantitative estimate of drug-likeness (QED) is 0.854. The molecule has 1 heterocycles. The summed E-state index contributed by atoms with van der Waals surface area (Å²) in [6.07, 6.45) is 1.05. The lowest BCUT2D eigenvalue weighted by molar-refractivity contribution is 0.299. The molecular weight excluding hydrogens is 272 g/mol. The summed E-state index contributed by atoms with van der Waals surface area (Å²) in [5.41, 5.74) is 1.85. The maximum absolute atomic E-state index is 6.17. The van der Waals surface area contributed by atoms with Gasteiger partial charge in [-0.05, 0) is 37.1 Å². The van der Waals surface area contributed by atoms with E-state index in [4.69, 9.17) is 16.3 Å². The lowest BCUT2D eigenvalue weighted by Gasteiger charge is -2.11. The summed E-state index contributed by atoms with van der Waals surface area (Å²) in [6, 6.07) is 11.6. The van der Waals surface area contributed by atoms with Crippen molar-refractivity contribution in [1.82, 2.24) is 4.98 Å². The van der Waals surface area contributed by atoms with Gasteiger partial charge < -0.3 is 10.1 Å². The van der Waals surface area contributed by atoms with Crippen molar-refractivity contribution in [2.75, 3.05) is 11.9 Å². The fraction of sp³-hybridized carbons (Fsp3) is 0.312. The lowest BCUT2D eigenvalue weighted by atomic mass is 10.2. The molecule has 2 aromatic rings. The van der Waals surface area contributed by atoms with Gasteiger partial charge in [0.15, 0.2) is 0 Å². The van der Waals surface area contributed by atoms with Crippen molar-refractivity contribution >= 4 is 17.4 Å². The lowest BCUT2D eigenvalue weighted by Crippen LogP contribution is -2.06. The van der Waals surface area contributed by atoms with Crippen molar-refractivity contribution in [3.8, 4) is 5.75 Å². The van der Waals surface area contributed by atoms with Crippen LogP contribution in [-0.2, 0) is 6.61 Å². The fourth-order valence-electron chi connectivity index (χ4n) is 1.80. The van der Waals surface area contributed by atoms with Crippen LogP contribution in [0, 0.1) is 6.92 Å². The number of rotatable bonds is 6. The van der Waals surface area contributed by atoms with Crippen molar-refractivity contribution in [2.45, 2.75) is 26.9 Å². The van der Waals surface area contributed by atoms with Gasteiger partial charge in [-0.2, -0.15) is 0 Å². The summed E-state index contributed by atoms with van der Waals surface area (Å²) in [5.74, 6) is 1.69. The smallest absolute Gasteiger partial charge is 0.132 e. The number of para-hydroxylation sites is 1. The fourth-order valence-corrected chi connectivity index (χ4v) is 1.96. The first kappa shape index (κ1) is 14.7. The highest BCUT2D eigenvalue weighted by atomic mass is 35.5. The first-order chi connectivity index (χ1) is 9.70. The van der Waals surface area contributed by atoms with Gasteiger partial charge in [0.25, 0.3) is 0 Å². The topological polar surface area (TPSA) is 34.1 Å². The van der Waals surface area contributed by atoms with Crippen LogP contribution in [-0.4, -0.2) is 11.5 Å². The summed E-state index contributed by atoms with van der Waals surface area (Å²) in [6.45, 7) is 5.40. The van der Waals surface area contributed by atoms with Gasteiger partial charge in [0.1, 0.15) is 18.2 Å². The second-order valence-electron chi connectivity index (χ2n) is 4.61. The molecule has 1 N–H and O–H groups in total. The molecular formula is C16H19ClN2O. The van der Waals surface area contributed by atoms with E-state index in [2.05, 4.69) is 17.2 Å². The van der Waals surface area contributed by atoms with Crippen LogP contribution in [0.15, 0.2) is 36.4 Å². The van der Waals surface area contributed by atoms with Gasteiger partial charge in [-0.25, -0.2) is 4.98 Å². The van der Waals surface area contributed by atoms with Crippen LogP contribution in [0.3, 0.4) is 0 Å². The number of pyridine rings is 1. The largest absolute Gasteiger partial charge is 0.487 e. The zero-order valence-electron chi connectivity index (χ0n) is 11.8. The molecule has 0 saturated heterocycles. The number of hydrogen-bond donors (Lipinski definition) is 1. The maximum Gasteiger partial charge on any atom is 0.132 e. The number of nitrogens with one attached hydrogen (secondary N) is 1. The molecule has 20 heavy (non-hydrogen) atoms. The number of ether oxygens (including phenoxy) is 1. The highest BCUT2D eigenvalue weighted by molar-refractivity contribution is 6.31. The predicted molar refractivity (Wildman–Crippen MR) is 83.5 cm³/mol. The van der Waals surface area contributed by atoms with E-state index in [1.54, 1.807) is 0 Å². The van der Waals surface area contributed by atoms with Gasteiger partial charge in [-0.1, -0.05) is 36.7 Å². The Hall–Kier alpha value is -1.74. The Labute approximate surface area is 124 Å². The minimum atomic E-state index is 0.366. The molecule has 0 amide bonds. The zero-order chi connectivity index (χ0) is 14.4. The molecule has 0 aliphatic heterocycles. The van der Waals surface area contributed by atoms with Crippen molar-refractivity contribution in [1.29, 1.82) is 0 Å². The number of aryl methyl sites for hydroxylation is 1. The summed E-state index contributed by atoms with van der Waals surface area (Å²) in [7, 11) is 0. The minimum Gasteiger partial charge on any atom is -0.487 e. The van der Waals surface area contributed by atoms with Crippen molar-refractivity contribution in [3.63, 3.8) is 0 Å². The minimum absolute atomic E-state index is 0.366. The van der Waals surface area contributed by atoms with E-state index >= 15 is 0 Å². The molecule has 0 aliphatic rings. The van der Waals surface area contributed by atoms with E-state index in [9.17, 15) is 0 Å². The van der Waals surface area contributed by atoms with Crippen LogP contribution >= 0.6 is 11.6 Å². The molecule has 2 rings (SSSR count). The van der Waals surface area contributed by atoms with Crippen LogP contribution in [0.25, 0.3) is 0 Å². The average molecular weight is 291 g/mol. The number of benzene rings is 1. The van der Waals surface area contributed by atoms with E-state index in [-0.39, 0.29) is 0 Å². The Morgan fingerprint density at radius 2 is 2.00 bits per heavy atom. The summed E-state index contributed by atoms with van der Waals surface area (Å²) in [5, 5.41) is 3.87. The Balaban J connectivity index is 2.07. The van der Waals surface area contributed by atoms with E-state index in [0.29, 0.717) is 11.6 Å². The van der Waals surface area contributed by atoms with Crippen molar-refractivity contribution in [3.05, 3.63) is 52.7 Å². The standard InChI is InChI=1S/C16H19ClN2O/c1-3-10-18-16-9-8-13(17)14(19-16)11-20-15-7-5-4-6-12(15)2/h4-9H,3,10-11H2,1-2H3,(H,18,19). The molecule has 0 bridgehead atoms.